The number of benzene rings is 1. The fourth-order valence-corrected chi connectivity index (χ4v) is 2.75. The summed E-state index contributed by atoms with van der Waals surface area (Å²) in [5.74, 6) is -1.12. The number of ether oxygens (including phenoxy) is 1. The maximum Gasteiger partial charge on any atom is 0.307 e. The number of hydrogen-bond donors (Lipinski definition) is 1. The summed E-state index contributed by atoms with van der Waals surface area (Å²) in [5, 5.41) is 9.15. The Hall–Kier alpha value is -1.84. The molecule has 0 aromatic heterocycles. The molecule has 20 heavy (non-hydrogen) atoms. The minimum absolute atomic E-state index is 0.0639. The molecule has 2 rings (SSSR count). The number of carbonyl (C=O) groups excluding carboxylic acids is 1. The van der Waals surface area contributed by atoms with E-state index in [2.05, 4.69) is 0 Å². The molecule has 0 saturated heterocycles. The van der Waals surface area contributed by atoms with Crippen molar-refractivity contribution in [1.82, 2.24) is 0 Å². The highest BCUT2D eigenvalue weighted by Crippen LogP contribution is 2.34. The predicted molar refractivity (Wildman–Crippen MR) is 75.0 cm³/mol. The van der Waals surface area contributed by atoms with E-state index in [-0.39, 0.29) is 17.8 Å². The molecular weight excluding hydrogens is 256 g/mol. The van der Waals surface area contributed by atoms with Crippen molar-refractivity contribution < 1.29 is 19.4 Å². The molecule has 0 bridgehead atoms. The zero-order valence-corrected chi connectivity index (χ0v) is 11.8. The van der Waals surface area contributed by atoms with Crippen LogP contribution in [0.4, 0.5) is 0 Å². The highest BCUT2D eigenvalue weighted by Gasteiger charge is 2.37. The zero-order chi connectivity index (χ0) is 14.7. The number of hydrogen-bond acceptors (Lipinski definition) is 3. The van der Waals surface area contributed by atoms with Crippen molar-refractivity contribution in [2.45, 2.75) is 39.2 Å². The van der Waals surface area contributed by atoms with Gasteiger partial charge in [-0.2, -0.15) is 0 Å². The number of carbonyl (C=O) groups is 2. The van der Waals surface area contributed by atoms with Crippen LogP contribution >= 0.6 is 0 Å². The molecule has 0 aliphatic heterocycles. The summed E-state index contributed by atoms with van der Waals surface area (Å²) >= 11 is 0. The highest BCUT2D eigenvalue weighted by atomic mass is 16.5. The molecular formula is C16H20O4. The Kier molecular flexibility index (Phi) is 4.42. The lowest BCUT2D eigenvalue weighted by atomic mass is 9.88. The van der Waals surface area contributed by atoms with Crippen molar-refractivity contribution in [3.05, 3.63) is 29.8 Å². The van der Waals surface area contributed by atoms with Gasteiger partial charge < -0.3 is 9.84 Å². The van der Waals surface area contributed by atoms with Gasteiger partial charge in [0.25, 0.3) is 0 Å². The van der Waals surface area contributed by atoms with Crippen molar-refractivity contribution in [2.75, 3.05) is 0 Å². The Morgan fingerprint density at radius 1 is 1.15 bits per heavy atom. The molecule has 0 heterocycles. The van der Waals surface area contributed by atoms with Gasteiger partial charge in [0.2, 0.25) is 0 Å². The SMILES string of the molecule is CC(C)Oc1ccc(C(=O)C2CCCC2C(=O)O)cc1. The molecule has 2 unspecified atom stereocenters. The topological polar surface area (TPSA) is 63.6 Å². The van der Waals surface area contributed by atoms with Crippen LogP contribution in [-0.2, 0) is 4.79 Å². The second-order valence-corrected chi connectivity index (χ2v) is 5.54. The van der Waals surface area contributed by atoms with Crippen molar-refractivity contribution in [1.29, 1.82) is 0 Å². The number of carboxylic acid groups (broad SMARTS) is 1. The van der Waals surface area contributed by atoms with Gasteiger partial charge in [0.15, 0.2) is 5.78 Å². The van der Waals surface area contributed by atoms with E-state index in [1.54, 1.807) is 24.3 Å². The molecule has 0 amide bonds. The number of aliphatic carboxylic acids is 1. The van der Waals surface area contributed by atoms with Gasteiger partial charge in [-0.25, -0.2) is 0 Å². The first-order chi connectivity index (χ1) is 9.49. The van der Waals surface area contributed by atoms with Crippen LogP contribution in [0.15, 0.2) is 24.3 Å². The Morgan fingerprint density at radius 3 is 2.30 bits per heavy atom. The molecule has 1 saturated carbocycles. The molecule has 4 nitrogen and oxygen atoms in total. The maximum atomic E-state index is 12.4. The minimum atomic E-state index is -0.861. The zero-order valence-electron chi connectivity index (χ0n) is 11.8. The number of rotatable bonds is 5. The molecule has 0 radical (unpaired) electrons. The maximum absolute atomic E-state index is 12.4. The van der Waals surface area contributed by atoms with Crippen LogP contribution < -0.4 is 4.74 Å². The van der Waals surface area contributed by atoms with Gasteiger partial charge in [-0.05, 0) is 51.0 Å². The molecule has 1 fully saturated rings. The fourth-order valence-electron chi connectivity index (χ4n) is 2.75. The lowest BCUT2D eigenvalue weighted by molar-refractivity contribution is -0.142. The van der Waals surface area contributed by atoms with Crippen LogP contribution in [0.2, 0.25) is 0 Å². The Morgan fingerprint density at radius 2 is 1.75 bits per heavy atom. The van der Waals surface area contributed by atoms with Gasteiger partial charge in [-0.15, -0.1) is 0 Å². The average molecular weight is 276 g/mol. The van der Waals surface area contributed by atoms with Crippen LogP contribution in [0.1, 0.15) is 43.5 Å². The fraction of sp³-hybridized carbons (Fsp3) is 0.500. The summed E-state index contributed by atoms with van der Waals surface area (Å²) in [6, 6.07) is 6.96. The van der Waals surface area contributed by atoms with E-state index < -0.39 is 11.9 Å². The first-order valence-corrected chi connectivity index (χ1v) is 7.02. The Bertz CT molecular complexity index is 490. The van der Waals surface area contributed by atoms with E-state index in [1.807, 2.05) is 13.8 Å². The van der Waals surface area contributed by atoms with Crippen molar-refractivity contribution in [2.24, 2.45) is 11.8 Å². The third-order valence-corrected chi connectivity index (χ3v) is 3.68. The standard InChI is InChI=1S/C16H20O4/c1-10(2)20-12-8-6-11(7-9-12)15(17)13-4-3-5-14(13)16(18)19/h6-10,13-14H,3-5H2,1-2H3,(H,18,19). The lowest BCUT2D eigenvalue weighted by Crippen LogP contribution is -2.25. The Labute approximate surface area is 118 Å². The monoisotopic (exact) mass is 276 g/mol. The van der Waals surface area contributed by atoms with Crippen LogP contribution in [0.5, 0.6) is 5.75 Å². The first kappa shape index (κ1) is 14.6. The van der Waals surface area contributed by atoms with Crippen LogP contribution in [-0.4, -0.2) is 23.0 Å². The summed E-state index contributed by atoms with van der Waals surface area (Å²) < 4.78 is 5.53. The molecule has 4 heteroatoms. The summed E-state index contributed by atoms with van der Waals surface area (Å²) in [5.41, 5.74) is 0.569. The van der Waals surface area contributed by atoms with E-state index >= 15 is 0 Å². The smallest absolute Gasteiger partial charge is 0.307 e. The normalized spacial score (nSPS) is 21.9. The van der Waals surface area contributed by atoms with Crippen LogP contribution in [0, 0.1) is 11.8 Å². The molecule has 1 aliphatic carbocycles. The summed E-state index contributed by atoms with van der Waals surface area (Å²) in [6.07, 6.45) is 2.16. The molecule has 1 aliphatic rings. The summed E-state index contributed by atoms with van der Waals surface area (Å²) in [7, 11) is 0. The molecule has 108 valence electrons. The van der Waals surface area contributed by atoms with Crippen LogP contribution in [0.3, 0.4) is 0 Å². The molecule has 1 aromatic carbocycles. The van der Waals surface area contributed by atoms with Crippen molar-refractivity contribution in [3.8, 4) is 5.75 Å². The second kappa shape index (κ2) is 6.07. The van der Waals surface area contributed by atoms with Gasteiger partial charge in [-0.1, -0.05) is 6.42 Å². The predicted octanol–water partition coefficient (Wildman–Crippen LogP) is 3.16. The van der Waals surface area contributed by atoms with Gasteiger partial charge in [0, 0.05) is 11.5 Å². The van der Waals surface area contributed by atoms with Crippen LogP contribution in [0.25, 0.3) is 0 Å². The average Bonchev–Trinajstić information content (AvgIpc) is 2.87. The third-order valence-electron chi connectivity index (χ3n) is 3.68. The van der Waals surface area contributed by atoms with E-state index in [0.29, 0.717) is 18.4 Å². The molecule has 2 atom stereocenters. The number of Topliss-reactive ketones (excluding diaryl/α,β-unsaturated/α-hetero) is 1. The van der Waals surface area contributed by atoms with E-state index in [9.17, 15) is 9.59 Å². The molecule has 1 aromatic rings. The largest absolute Gasteiger partial charge is 0.491 e. The number of carboxylic acids is 1. The van der Waals surface area contributed by atoms with Gasteiger partial charge >= 0.3 is 5.97 Å². The second-order valence-electron chi connectivity index (χ2n) is 5.54. The highest BCUT2D eigenvalue weighted by molar-refractivity contribution is 6.00. The minimum Gasteiger partial charge on any atom is -0.491 e. The van der Waals surface area contributed by atoms with Gasteiger partial charge in [-0.3, -0.25) is 9.59 Å². The summed E-state index contributed by atoms with van der Waals surface area (Å²) in [4.78, 5) is 23.5. The van der Waals surface area contributed by atoms with E-state index in [1.165, 1.54) is 0 Å². The first-order valence-electron chi connectivity index (χ1n) is 7.02. The van der Waals surface area contributed by atoms with Gasteiger partial charge in [0.05, 0.1) is 12.0 Å². The third kappa shape index (κ3) is 3.18. The Balaban J connectivity index is 2.11. The van der Waals surface area contributed by atoms with Crippen molar-refractivity contribution >= 4 is 11.8 Å². The van der Waals surface area contributed by atoms with Gasteiger partial charge in [0.1, 0.15) is 5.75 Å². The van der Waals surface area contributed by atoms with E-state index in [0.717, 1.165) is 12.2 Å². The number of ketones is 1. The molecule has 1 N–H and O–H groups in total. The molecule has 0 spiro atoms. The lowest BCUT2D eigenvalue weighted by Gasteiger charge is -2.15. The quantitative estimate of drug-likeness (QED) is 0.839. The summed E-state index contributed by atoms with van der Waals surface area (Å²) in [6.45, 7) is 3.88. The van der Waals surface area contributed by atoms with Crippen molar-refractivity contribution in [3.63, 3.8) is 0 Å². The van der Waals surface area contributed by atoms with E-state index in [4.69, 9.17) is 9.84 Å².